The van der Waals surface area contributed by atoms with Crippen LogP contribution in [0, 0.1) is 41.4 Å². The Morgan fingerprint density at radius 2 is 1.43 bits per heavy atom. The number of aliphatic carboxylic acids is 4. The molecule has 2 bridgehead atoms. The zero-order chi connectivity index (χ0) is 89.2. The SMILES string of the molecule is CO[C@@H](/C(C)=C/C=C/C(C)=C/c1coc(C)n1)[C@@H](C)[C@@H]1C[C@H](OC(=O)OCCSSC[C@H](NC(=O)[C@H](CC(=O)O)NC(=O)[C@H](CC(=O)O)NC(=O)[C@H](CCCNC(=N)N)NC(=O)C(CC(=O)O)NC(=O)CC[C@@H](C)NC(=O)c2ccc(NCc3cnc4nc(N)[nH]c(=O)c4n3)cc2)C(=O)O)C2(C)C[C@@H]2/C=C/[C@@H](C)[C@H]2C[C@H](CC(=O)O2)C[C@@H]2O[C@H]2C(=O)O1. The highest BCUT2D eigenvalue weighted by Gasteiger charge is 2.58. The topological polar surface area (TPSA) is 631 Å². The van der Waals surface area contributed by atoms with Crippen LogP contribution in [0.3, 0.4) is 0 Å². The molecule has 17 atom stereocenters. The summed E-state index contributed by atoms with van der Waals surface area (Å²) in [5, 5.41) is 66.7. The van der Waals surface area contributed by atoms with Crippen LogP contribution in [0.25, 0.3) is 17.2 Å². The number of hydrogen-bond donors (Lipinski definition) is 16. The maximum Gasteiger partial charge on any atom is 0.508 e. The molecule has 41 nitrogen and oxygen atoms in total. The molecule has 18 N–H and O–H groups in total. The van der Waals surface area contributed by atoms with Crippen LogP contribution in [0.4, 0.5) is 16.4 Å². The fourth-order valence-electron chi connectivity index (χ4n) is 13.9. The van der Waals surface area contributed by atoms with Gasteiger partial charge < -0.3 is 107 Å². The standard InChI is InChI=1S/C79H104N16O25S2/c1-38(25-48-36-116-43(6)87-48)11-9-12-40(3)65(114-8)42(5)56-32-58(79(7)33-46(79)18-14-39(2)55-26-44(28-63(103)117-55)27-57-66(118-57)75(112)119-56)120-78(113)115-23-24-121-122-37-54(74(110)111)93-72(108)53(31-62(101)102)92-71(107)52(30-61(99)100)91-69(105)50(13-10-22-83-76(80)81)90-70(106)51(29-60(97)98)89-59(96)21-15-41(4)86-68(104)45-16-19-47(20-17-45)84-34-49-35-85-67-64(88-49)73(109)95-77(82)94-67/h9,11-12,14,16-20,25,35-36,39,41-42,44,46,50-58,65-66,84H,10,13,15,21-24,26-34,37H2,1-8H3,(H,86,104)(H,89,96)(H,90,106)(H,91,105)(H,92,107)(H,93,108)(H,97,98)(H,99,100)(H,101,102)(H,110,111)(H4,80,81,83)(H3,82,85,94,95,109)/b11-9+,18-14+,38-25+,40-12+/t39-,41-,42+,44+,46+,50+,51?,52+,53+,54+,55-,56+,57+,58+,65+,66-,79?/m1/s1. The molecule has 4 aliphatic rings. The molecule has 3 fully saturated rings. The lowest BCUT2D eigenvalue weighted by Crippen LogP contribution is -2.59. The number of ether oxygens (including phenoxy) is 6. The van der Waals surface area contributed by atoms with E-state index in [2.05, 4.69) is 67.5 Å². The van der Waals surface area contributed by atoms with E-state index in [9.17, 15) is 87.5 Å². The first-order valence-corrected chi connectivity index (χ1v) is 41.8. The number of carbonyl (C=O) groups is 13. The fraction of sp³-hybridized carbons (Fsp3) is 0.532. The van der Waals surface area contributed by atoms with Gasteiger partial charge in [0.25, 0.3) is 11.5 Å². The van der Waals surface area contributed by atoms with Crippen molar-refractivity contribution in [3.63, 3.8) is 0 Å². The summed E-state index contributed by atoms with van der Waals surface area (Å²) in [4.78, 5) is 204. The van der Waals surface area contributed by atoms with Crippen molar-refractivity contribution < 1.29 is 116 Å². The van der Waals surface area contributed by atoms with Gasteiger partial charge in [0.2, 0.25) is 35.5 Å². The number of benzene rings is 1. The van der Waals surface area contributed by atoms with Gasteiger partial charge in [-0.2, -0.15) is 4.98 Å². The van der Waals surface area contributed by atoms with Crippen LogP contribution in [0.2, 0.25) is 0 Å². The van der Waals surface area contributed by atoms with Crippen molar-refractivity contribution in [1.82, 2.24) is 62.1 Å². The normalized spacial score (nSPS) is 22.4. The van der Waals surface area contributed by atoms with Crippen molar-refractivity contribution >= 4 is 134 Å². The van der Waals surface area contributed by atoms with Crippen molar-refractivity contribution in [3.05, 3.63) is 111 Å². The first-order chi connectivity index (χ1) is 57.8. The Balaban J connectivity index is 0.850. The molecule has 122 heavy (non-hydrogen) atoms. The van der Waals surface area contributed by atoms with Gasteiger partial charge in [-0.25, -0.2) is 29.3 Å². The first-order valence-electron chi connectivity index (χ1n) is 39.3. The van der Waals surface area contributed by atoms with Crippen molar-refractivity contribution in [3.8, 4) is 0 Å². The number of carboxylic acid groups (broad SMARTS) is 4. The molecular weight excluding hydrogens is 1640 g/mol. The van der Waals surface area contributed by atoms with E-state index < -0.39 is 192 Å². The second-order valence-corrected chi connectivity index (χ2v) is 33.1. The van der Waals surface area contributed by atoms with Gasteiger partial charge in [0.05, 0.1) is 49.9 Å². The van der Waals surface area contributed by atoms with Crippen molar-refractivity contribution in [2.24, 2.45) is 34.8 Å². The highest BCUT2D eigenvalue weighted by Crippen LogP contribution is 2.58. The number of aryl methyl sites for hydroxylation is 1. The largest absolute Gasteiger partial charge is 0.508 e. The number of nitrogens with zero attached hydrogens (tertiary/aromatic N) is 4. The molecule has 0 spiro atoms. The Kier molecular flexibility index (Phi) is 35.3. The molecule has 43 heteroatoms. The molecule has 1 aromatic carbocycles. The molecule has 1 aliphatic carbocycles. The predicted molar refractivity (Wildman–Crippen MR) is 439 cm³/mol. The summed E-state index contributed by atoms with van der Waals surface area (Å²) >= 11 is 0. The molecule has 6 heterocycles. The third-order valence-electron chi connectivity index (χ3n) is 20.7. The van der Waals surface area contributed by atoms with E-state index >= 15 is 0 Å². The average Bonchev–Trinajstić information content (AvgIpc) is 1.59. The fourth-order valence-corrected chi connectivity index (χ4v) is 15.9. The number of nitrogens with one attached hydrogen (secondary N) is 10. The summed E-state index contributed by atoms with van der Waals surface area (Å²) in [7, 11) is 3.41. The number of nitrogen functional groups attached to an aromatic ring is 1. The van der Waals surface area contributed by atoms with E-state index in [0.29, 0.717) is 42.2 Å². The van der Waals surface area contributed by atoms with Gasteiger partial charge in [0.15, 0.2) is 29.1 Å². The maximum absolute atomic E-state index is 14.2. The van der Waals surface area contributed by atoms with Crippen molar-refractivity contribution in [1.29, 1.82) is 5.41 Å². The maximum atomic E-state index is 14.2. The molecule has 662 valence electrons. The van der Waals surface area contributed by atoms with Crippen LogP contribution >= 0.6 is 21.6 Å². The van der Waals surface area contributed by atoms with E-state index in [0.717, 1.165) is 32.7 Å². The van der Waals surface area contributed by atoms with Crippen LogP contribution < -0.4 is 59.6 Å². The monoisotopic (exact) mass is 1740 g/mol. The minimum absolute atomic E-state index is 0.00838. The Bertz CT molecular complexity index is 4680. The number of aromatic nitrogens is 5. The lowest BCUT2D eigenvalue weighted by Gasteiger charge is -2.34. The third-order valence-corrected chi connectivity index (χ3v) is 23.1. The number of fused-ring (bicyclic) bond motifs is 5. The molecule has 0 radical (unpaired) electrons. The number of anilines is 2. The Morgan fingerprint density at radius 1 is 0.795 bits per heavy atom. The van der Waals surface area contributed by atoms with E-state index in [4.69, 9.17) is 49.7 Å². The number of carboxylic acids is 4. The molecule has 3 aromatic heterocycles. The van der Waals surface area contributed by atoms with Crippen LogP contribution in [-0.2, 0) is 87.7 Å². The molecule has 1 saturated carbocycles. The summed E-state index contributed by atoms with van der Waals surface area (Å²) in [5.74, 6) is -15.9. The Morgan fingerprint density at radius 3 is 2.07 bits per heavy atom. The van der Waals surface area contributed by atoms with Crippen LogP contribution in [0.5, 0.6) is 0 Å². The van der Waals surface area contributed by atoms with Crippen molar-refractivity contribution in [2.75, 3.05) is 42.8 Å². The van der Waals surface area contributed by atoms with Crippen LogP contribution in [0.1, 0.15) is 146 Å². The number of cyclic esters (lactones) is 1. The smallest absolute Gasteiger partial charge is 0.481 e. The number of allylic oxidation sites excluding steroid dienone is 5. The number of oxazole rings is 1. The number of carbonyl (C=O) groups excluding carboxylic acids is 9. The number of esters is 2. The molecule has 2 unspecified atom stereocenters. The van der Waals surface area contributed by atoms with Gasteiger partial charge in [-0.3, -0.25) is 63.1 Å². The zero-order valence-corrected chi connectivity index (χ0v) is 69.9. The molecule has 4 aromatic rings. The van der Waals surface area contributed by atoms with Crippen LogP contribution in [-0.4, -0.2) is 233 Å². The van der Waals surface area contributed by atoms with Gasteiger partial charge in [0.1, 0.15) is 67.1 Å². The molecular formula is C79H104N16O25S2. The van der Waals surface area contributed by atoms with E-state index in [1.54, 1.807) is 32.2 Å². The highest BCUT2D eigenvalue weighted by atomic mass is 33.1. The van der Waals surface area contributed by atoms with Crippen LogP contribution in [0.15, 0.2) is 87.5 Å². The summed E-state index contributed by atoms with van der Waals surface area (Å²) in [6.45, 7) is 12.6. The van der Waals surface area contributed by atoms with Crippen molar-refractivity contribution in [2.45, 2.75) is 205 Å². The number of nitrogens with two attached hydrogens (primary N) is 2. The average molecular weight is 1740 g/mol. The van der Waals surface area contributed by atoms with Gasteiger partial charge in [-0.15, -0.1) is 0 Å². The first kappa shape index (κ1) is 95.5. The summed E-state index contributed by atoms with van der Waals surface area (Å²) in [6.07, 6.45) is 6.30. The Labute approximate surface area is 707 Å². The number of methoxy groups -OCH3 is 1. The molecule has 3 aliphatic heterocycles. The van der Waals surface area contributed by atoms with E-state index in [1.807, 2.05) is 71.1 Å². The van der Waals surface area contributed by atoms with E-state index in [-0.39, 0.29) is 110 Å². The number of amides is 6. The minimum atomic E-state index is -2.16. The zero-order valence-electron chi connectivity index (χ0n) is 68.3. The van der Waals surface area contributed by atoms with Gasteiger partial charge >= 0.3 is 42.0 Å². The molecule has 6 amide bonds. The number of epoxide rings is 1. The number of guanidine groups is 1. The third kappa shape index (κ3) is 29.7. The number of rotatable bonds is 42. The van der Waals surface area contributed by atoms with Gasteiger partial charge in [-0.1, -0.05) is 72.7 Å². The van der Waals surface area contributed by atoms with Gasteiger partial charge in [-0.05, 0) is 113 Å². The summed E-state index contributed by atoms with van der Waals surface area (Å²) in [5.41, 5.74) is 13.3. The highest BCUT2D eigenvalue weighted by molar-refractivity contribution is 8.76. The molecule has 2 saturated heterocycles. The van der Waals surface area contributed by atoms with Gasteiger partial charge in [0, 0.05) is 85.9 Å². The quantitative estimate of drug-likeness (QED) is 0.00347. The number of aromatic amines is 1. The second-order valence-electron chi connectivity index (χ2n) is 30.5. The lowest BCUT2D eigenvalue weighted by atomic mass is 9.84. The predicted octanol–water partition coefficient (Wildman–Crippen LogP) is 3.47. The summed E-state index contributed by atoms with van der Waals surface area (Å²) < 4.78 is 41.3. The summed E-state index contributed by atoms with van der Waals surface area (Å²) in [6, 6.07) is -4.17. The Hall–Kier alpha value is -12.0. The van der Waals surface area contributed by atoms with E-state index in [1.165, 1.54) is 25.4 Å². The second kappa shape index (κ2) is 45.1. The number of hydrogen-bond acceptors (Lipinski definition) is 30. The number of H-pyrrole nitrogens is 1. The lowest BCUT2D eigenvalue weighted by molar-refractivity contribution is -0.159. The molecule has 8 rings (SSSR count). The minimum Gasteiger partial charge on any atom is -0.481 e.